The number of aromatic nitrogens is 1. The highest BCUT2D eigenvalue weighted by molar-refractivity contribution is 5.94. The van der Waals surface area contributed by atoms with Crippen molar-refractivity contribution in [3.05, 3.63) is 53.4 Å². The standard InChI is InChI=1S/C15H18N2O2/c1-11(2)17(10-13-7-5-4-6-8-13)15(18)14-9-16-19-12(14)3/h4-9,11H,10H2,1-3H3. The van der Waals surface area contributed by atoms with Crippen molar-refractivity contribution >= 4 is 5.91 Å². The molecule has 0 atom stereocenters. The second-order valence-corrected chi connectivity index (χ2v) is 4.81. The Morgan fingerprint density at radius 2 is 2.00 bits per heavy atom. The summed E-state index contributed by atoms with van der Waals surface area (Å²) < 4.78 is 4.97. The SMILES string of the molecule is Cc1oncc1C(=O)N(Cc1ccccc1)C(C)C. The average Bonchev–Trinajstić information content (AvgIpc) is 2.82. The minimum absolute atomic E-state index is 0.0439. The lowest BCUT2D eigenvalue weighted by molar-refractivity contribution is 0.0688. The van der Waals surface area contributed by atoms with Crippen molar-refractivity contribution < 1.29 is 9.32 Å². The zero-order valence-electron chi connectivity index (χ0n) is 11.5. The third-order valence-electron chi connectivity index (χ3n) is 3.06. The van der Waals surface area contributed by atoms with Gasteiger partial charge in [-0.3, -0.25) is 4.79 Å². The fraction of sp³-hybridized carbons (Fsp3) is 0.333. The summed E-state index contributed by atoms with van der Waals surface area (Å²) in [5, 5.41) is 3.67. The fourth-order valence-corrected chi connectivity index (χ4v) is 1.93. The third-order valence-corrected chi connectivity index (χ3v) is 3.06. The van der Waals surface area contributed by atoms with E-state index >= 15 is 0 Å². The van der Waals surface area contributed by atoms with Crippen LogP contribution in [0.4, 0.5) is 0 Å². The monoisotopic (exact) mass is 258 g/mol. The van der Waals surface area contributed by atoms with E-state index in [2.05, 4.69) is 5.16 Å². The summed E-state index contributed by atoms with van der Waals surface area (Å²) in [6.45, 7) is 6.34. The van der Waals surface area contributed by atoms with Gasteiger partial charge in [-0.2, -0.15) is 0 Å². The first-order valence-corrected chi connectivity index (χ1v) is 6.35. The Hall–Kier alpha value is -2.10. The van der Waals surface area contributed by atoms with Gasteiger partial charge in [-0.1, -0.05) is 35.5 Å². The average molecular weight is 258 g/mol. The van der Waals surface area contributed by atoms with Crippen LogP contribution in [0, 0.1) is 6.92 Å². The van der Waals surface area contributed by atoms with E-state index in [0.29, 0.717) is 17.9 Å². The van der Waals surface area contributed by atoms with Gasteiger partial charge in [0.2, 0.25) is 0 Å². The van der Waals surface area contributed by atoms with Crippen LogP contribution in [0.3, 0.4) is 0 Å². The highest BCUT2D eigenvalue weighted by Crippen LogP contribution is 2.15. The molecule has 0 bridgehead atoms. The molecule has 0 spiro atoms. The van der Waals surface area contributed by atoms with Gasteiger partial charge >= 0.3 is 0 Å². The van der Waals surface area contributed by atoms with Crippen LogP contribution in [0.1, 0.15) is 35.5 Å². The molecule has 1 amide bonds. The summed E-state index contributed by atoms with van der Waals surface area (Å²) >= 11 is 0. The van der Waals surface area contributed by atoms with Crippen molar-refractivity contribution in [2.24, 2.45) is 0 Å². The molecule has 2 rings (SSSR count). The highest BCUT2D eigenvalue weighted by atomic mass is 16.5. The lowest BCUT2D eigenvalue weighted by Crippen LogP contribution is -2.36. The fourth-order valence-electron chi connectivity index (χ4n) is 1.93. The molecule has 1 aromatic carbocycles. The van der Waals surface area contributed by atoms with Crippen molar-refractivity contribution in [2.45, 2.75) is 33.4 Å². The van der Waals surface area contributed by atoms with Gasteiger partial charge in [0.25, 0.3) is 5.91 Å². The normalized spacial score (nSPS) is 10.7. The van der Waals surface area contributed by atoms with E-state index < -0.39 is 0 Å². The molecule has 0 aliphatic rings. The van der Waals surface area contributed by atoms with Crippen molar-refractivity contribution in [3.8, 4) is 0 Å². The van der Waals surface area contributed by atoms with Gasteiger partial charge in [-0.25, -0.2) is 0 Å². The predicted molar refractivity (Wildman–Crippen MR) is 72.7 cm³/mol. The van der Waals surface area contributed by atoms with Crippen molar-refractivity contribution in [1.82, 2.24) is 10.1 Å². The number of carbonyl (C=O) groups is 1. The van der Waals surface area contributed by atoms with E-state index in [1.807, 2.05) is 49.1 Å². The number of nitrogens with zero attached hydrogens (tertiary/aromatic N) is 2. The van der Waals surface area contributed by atoms with Crippen LogP contribution >= 0.6 is 0 Å². The molecular weight excluding hydrogens is 240 g/mol. The molecule has 100 valence electrons. The van der Waals surface area contributed by atoms with E-state index in [1.165, 1.54) is 6.20 Å². The summed E-state index contributed by atoms with van der Waals surface area (Å²) in [7, 11) is 0. The van der Waals surface area contributed by atoms with E-state index in [9.17, 15) is 4.79 Å². The van der Waals surface area contributed by atoms with Gasteiger partial charge in [0.15, 0.2) is 0 Å². The summed E-state index contributed by atoms with van der Waals surface area (Å²) in [6, 6.07) is 10.1. The number of benzene rings is 1. The minimum atomic E-state index is -0.0439. The zero-order valence-corrected chi connectivity index (χ0v) is 11.5. The van der Waals surface area contributed by atoms with Crippen molar-refractivity contribution in [2.75, 3.05) is 0 Å². The Balaban J connectivity index is 2.22. The second-order valence-electron chi connectivity index (χ2n) is 4.81. The molecule has 0 saturated carbocycles. The molecule has 19 heavy (non-hydrogen) atoms. The molecule has 0 aliphatic heterocycles. The highest BCUT2D eigenvalue weighted by Gasteiger charge is 2.22. The number of hydrogen-bond donors (Lipinski definition) is 0. The maximum absolute atomic E-state index is 12.5. The van der Waals surface area contributed by atoms with Crippen LogP contribution < -0.4 is 0 Å². The van der Waals surface area contributed by atoms with E-state index in [0.717, 1.165) is 5.56 Å². The molecule has 0 saturated heterocycles. The summed E-state index contributed by atoms with van der Waals surface area (Å²) in [4.78, 5) is 14.3. The van der Waals surface area contributed by atoms with Gasteiger partial charge in [0.1, 0.15) is 11.3 Å². The van der Waals surface area contributed by atoms with Crippen LogP contribution in [0.5, 0.6) is 0 Å². The van der Waals surface area contributed by atoms with Crippen LogP contribution in [-0.2, 0) is 6.54 Å². The quantitative estimate of drug-likeness (QED) is 0.846. The minimum Gasteiger partial charge on any atom is -0.361 e. The third kappa shape index (κ3) is 3.02. The maximum Gasteiger partial charge on any atom is 0.259 e. The Bertz CT molecular complexity index is 546. The molecule has 4 heteroatoms. The smallest absolute Gasteiger partial charge is 0.259 e. The van der Waals surface area contributed by atoms with Gasteiger partial charge in [0.05, 0.1) is 6.20 Å². The Morgan fingerprint density at radius 3 is 2.53 bits per heavy atom. The molecule has 0 fully saturated rings. The Morgan fingerprint density at radius 1 is 1.32 bits per heavy atom. The number of aryl methyl sites for hydroxylation is 1. The van der Waals surface area contributed by atoms with Gasteiger partial charge < -0.3 is 9.42 Å². The summed E-state index contributed by atoms with van der Waals surface area (Å²) in [6.07, 6.45) is 1.48. The molecule has 0 N–H and O–H groups in total. The largest absolute Gasteiger partial charge is 0.361 e. The second kappa shape index (κ2) is 5.69. The molecule has 4 nitrogen and oxygen atoms in total. The zero-order chi connectivity index (χ0) is 13.8. The molecular formula is C15H18N2O2. The van der Waals surface area contributed by atoms with Gasteiger partial charge in [0, 0.05) is 12.6 Å². The first kappa shape index (κ1) is 13.3. The summed E-state index contributed by atoms with van der Waals surface area (Å²) in [5.74, 6) is 0.515. The molecule has 0 radical (unpaired) electrons. The Labute approximate surface area is 113 Å². The summed E-state index contributed by atoms with van der Waals surface area (Å²) in [5.41, 5.74) is 1.64. The topological polar surface area (TPSA) is 46.3 Å². The lowest BCUT2D eigenvalue weighted by atomic mass is 10.1. The van der Waals surface area contributed by atoms with Crippen LogP contribution in [0.15, 0.2) is 41.1 Å². The number of rotatable bonds is 4. The maximum atomic E-state index is 12.5. The van der Waals surface area contributed by atoms with Crippen LogP contribution in [-0.4, -0.2) is 22.0 Å². The predicted octanol–water partition coefficient (Wildman–Crippen LogP) is 3.03. The van der Waals surface area contributed by atoms with Crippen LogP contribution in [0.25, 0.3) is 0 Å². The first-order chi connectivity index (χ1) is 9.09. The van der Waals surface area contributed by atoms with E-state index in [1.54, 1.807) is 6.92 Å². The molecule has 2 aromatic rings. The molecule has 1 aromatic heterocycles. The molecule has 1 heterocycles. The molecule has 0 unspecified atom stereocenters. The Kier molecular flexibility index (Phi) is 4.00. The number of hydrogen-bond acceptors (Lipinski definition) is 3. The van der Waals surface area contributed by atoms with Gasteiger partial charge in [-0.05, 0) is 26.3 Å². The number of carbonyl (C=O) groups excluding carboxylic acids is 1. The first-order valence-electron chi connectivity index (χ1n) is 6.35. The van der Waals surface area contributed by atoms with E-state index in [4.69, 9.17) is 4.52 Å². The lowest BCUT2D eigenvalue weighted by Gasteiger charge is -2.26. The number of amides is 1. The molecule has 0 aliphatic carbocycles. The van der Waals surface area contributed by atoms with Gasteiger partial charge in [-0.15, -0.1) is 0 Å². The van der Waals surface area contributed by atoms with Crippen molar-refractivity contribution in [3.63, 3.8) is 0 Å². The van der Waals surface area contributed by atoms with E-state index in [-0.39, 0.29) is 11.9 Å². The van der Waals surface area contributed by atoms with Crippen LogP contribution in [0.2, 0.25) is 0 Å². The van der Waals surface area contributed by atoms with Crippen molar-refractivity contribution in [1.29, 1.82) is 0 Å².